The minimum absolute atomic E-state index is 0.154. The van der Waals surface area contributed by atoms with Crippen LogP contribution < -0.4 is 0 Å². The van der Waals surface area contributed by atoms with E-state index in [1.54, 1.807) is 6.07 Å². The van der Waals surface area contributed by atoms with Crippen molar-refractivity contribution < 1.29 is 9.18 Å². The highest BCUT2D eigenvalue weighted by atomic mass is 19.1. The Morgan fingerprint density at radius 3 is 2.46 bits per heavy atom. The maximum Gasteiger partial charge on any atom is 0.227 e. The fourth-order valence-electron chi connectivity index (χ4n) is 3.80. The zero-order valence-electron chi connectivity index (χ0n) is 17.4. The molecule has 2 heterocycles. The average Bonchev–Trinajstić information content (AvgIpc) is 2.91. The second-order valence-corrected chi connectivity index (χ2v) is 8.15. The summed E-state index contributed by atoms with van der Waals surface area (Å²) < 4.78 is 15.9. The van der Waals surface area contributed by atoms with Crippen molar-refractivity contribution in [3.05, 3.63) is 52.6 Å². The van der Waals surface area contributed by atoms with Gasteiger partial charge < -0.3 is 4.90 Å². The van der Waals surface area contributed by atoms with E-state index >= 15 is 0 Å². The number of piperazine rings is 1. The van der Waals surface area contributed by atoms with Gasteiger partial charge >= 0.3 is 0 Å². The molecular weight excluding hydrogens is 355 g/mol. The lowest BCUT2D eigenvalue weighted by Gasteiger charge is -2.35. The topological polar surface area (TPSA) is 41.4 Å². The number of aryl methyl sites for hydroxylation is 1. The Morgan fingerprint density at radius 1 is 1.14 bits per heavy atom. The Bertz CT molecular complexity index is 822. The van der Waals surface area contributed by atoms with Gasteiger partial charge in [-0.05, 0) is 25.8 Å². The van der Waals surface area contributed by atoms with Crippen molar-refractivity contribution in [3.8, 4) is 0 Å². The Labute approximate surface area is 167 Å². The Kier molecular flexibility index (Phi) is 6.50. The lowest BCUT2D eigenvalue weighted by atomic mass is 10.1. The summed E-state index contributed by atoms with van der Waals surface area (Å²) in [6.07, 6.45) is 0.406. The molecule has 152 valence electrons. The van der Waals surface area contributed by atoms with Gasteiger partial charge in [0, 0.05) is 56.1 Å². The van der Waals surface area contributed by atoms with E-state index in [-0.39, 0.29) is 11.7 Å². The van der Waals surface area contributed by atoms with Crippen LogP contribution in [-0.2, 0) is 24.3 Å². The maximum absolute atomic E-state index is 13.8. The number of carbonyl (C=O) groups excluding carboxylic acids is 1. The number of halogens is 1. The van der Waals surface area contributed by atoms with Gasteiger partial charge in [0.25, 0.3) is 0 Å². The van der Waals surface area contributed by atoms with E-state index in [0.717, 1.165) is 36.6 Å². The predicted octanol–water partition coefficient (Wildman–Crippen LogP) is 3.18. The van der Waals surface area contributed by atoms with Crippen LogP contribution in [0.2, 0.25) is 0 Å². The SMILES string of the molecule is Cc1nn(CC(C)C)c(C)c1CC(=O)N1CCN(Cc2ccccc2F)CC1. The first-order chi connectivity index (χ1) is 13.3. The summed E-state index contributed by atoms with van der Waals surface area (Å²) >= 11 is 0. The fourth-order valence-corrected chi connectivity index (χ4v) is 3.80. The summed E-state index contributed by atoms with van der Waals surface area (Å²) in [5.74, 6) is 0.510. The molecule has 2 aromatic rings. The number of hydrogen-bond donors (Lipinski definition) is 0. The molecule has 1 amide bonds. The third kappa shape index (κ3) is 4.79. The van der Waals surface area contributed by atoms with Crippen molar-refractivity contribution in [3.63, 3.8) is 0 Å². The zero-order chi connectivity index (χ0) is 20.3. The molecule has 28 heavy (non-hydrogen) atoms. The quantitative estimate of drug-likeness (QED) is 0.766. The number of carbonyl (C=O) groups is 1. The first-order valence-electron chi connectivity index (χ1n) is 10.1. The van der Waals surface area contributed by atoms with Crippen molar-refractivity contribution in [1.82, 2.24) is 19.6 Å². The van der Waals surface area contributed by atoms with Gasteiger partial charge in [0.1, 0.15) is 5.82 Å². The molecule has 1 aliphatic rings. The molecule has 0 bridgehead atoms. The van der Waals surface area contributed by atoms with Crippen LogP contribution in [0.15, 0.2) is 24.3 Å². The molecule has 1 aliphatic heterocycles. The van der Waals surface area contributed by atoms with Crippen LogP contribution in [0, 0.1) is 25.6 Å². The zero-order valence-corrected chi connectivity index (χ0v) is 17.4. The van der Waals surface area contributed by atoms with Crippen molar-refractivity contribution in [2.45, 2.75) is 47.2 Å². The normalized spacial score (nSPS) is 15.4. The largest absolute Gasteiger partial charge is 0.340 e. The summed E-state index contributed by atoms with van der Waals surface area (Å²) in [5, 5.41) is 4.62. The van der Waals surface area contributed by atoms with Crippen LogP contribution in [0.1, 0.15) is 36.4 Å². The number of hydrogen-bond acceptors (Lipinski definition) is 3. The van der Waals surface area contributed by atoms with Gasteiger partial charge in [0.2, 0.25) is 5.91 Å². The number of nitrogens with zero attached hydrogens (tertiary/aromatic N) is 4. The predicted molar refractivity (Wildman–Crippen MR) is 109 cm³/mol. The highest BCUT2D eigenvalue weighted by Gasteiger charge is 2.24. The van der Waals surface area contributed by atoms with Gasteiger partial charge in [-0.2, -0.15) is 5.10 Å². The van der Waals surface area contributed by atoms with Crippen LogP contribution in [0.5, 0.6) is 0 Å². The van der Waals surface area contributed by atoms with E-state index < -0.39 is 0 Å². The van der Waals surface area contributed by atoms with E-state index in [2.05, 4.69) is 30.8 Å². The smallest absolute Gasteiger partial charge is 0.227 e. The number of benzene rings is 1. The molecule has 0 radical (unpaired) electrons. The van der Waals surface area contributed by atoms with Crippen molar-refractivity contribution >= 4 is 5.91 Å². The molecule has 3 rings (SSSR count). The van der Waals surface area contributed by atoms with Gasteiger partial charge in [0.05, 0.1) is 12.1 Å². The lowest BCUT2D eigenvalue weighted by molar-refractivity contribution is -0.132. The van der Waals surface area contributed by atoms with E-state index in [4.69, 9.17) is 0 Å². The van der Waals surface area contributed by atoms with E-state index in [1.807, 2.05) is 28.6 Å². The standard InChI is InChI=1S/C22H31FN4O/c1-16(2)14-27-18(4)20(17(3)24-27)13-22(28)26-11-9-25(10-12-26)15-19-7-5-6-8-21(19)23/h5-8,16H,9-15H2,1-4H3. The van der Waals surface area contributed by atoms with E-state index in [9.17, 15) is 9.18 Å². The minimum Gasteiger partial charge on any atom is -0.340 e. The van der Waals surface area contributed by atoms with Crippen LogP contribution >= 0.6 is 0 Å². The molecular formula is C22H31FN4O. The summed E-state index contributed by atoms with van der Waals surface area (Å²) in [4.78, 5) is 17.0. The lowest BCUT2D eigenvalue weighted by Crippen LogP contribution is -2.48. The van der Waals surface area contributed by atoms with Gasteiger partial charge in [-0.1, -0.05) is 32.0 Å². The van der Waals surface area contributed by atoms with Gasteiger partial charge in [0.15, 0.2) is 0 Å². The molecule has 0 aliphatic carbocycles. The van der Waals surface area contributed by atoms with Gasteiger partial charge in [-0.15, -0.1) is 0 Å². The maximum atomic E-state index is 13.8. The third-order valence-corrected chi connectivity index (χ3v) is 5.47. The Hall–Kier alpha value is -2.21. The highest BCUT2D eigenvalue weighted by molar-refractivity contribution is 5.79. The summed E-state index contributed by atoms with van der Waals surface area (Å²) in [6, 6.07) is 6.90. The molecule has 0 spiro atoms. The summed E-state index contributed by atoms with van der Waals surface area (Å²) in [5.41, 5.74) is 3.81. The monoisotopic (exact) mass is 386 g/mol. The number of rotatable bonds is 6. The second-order valence-electron chi connectivity index (χ2n) is 8.15. The van der Waals surface area contributed by atoms with Crippen LogP contribution in [-0.4, -0.2) is 51.7 Å². The molecule has 0 N–H and O–H groups in total. The molecule has 5 nitrogen and oxygen atoms in total. The number of aromatic nitrogens is 2. The first kappa shape index (κ1) is 20.5. The van der Waals surface area contributed by atoms with Gasteiger partial charge in [-0.25, -0.2) is 4.39 Å². The van der Waals surface area contributed by atoms with Crippen molar-refractivity contribution in [1.29, 1.82) is 0 Å². The molecule has 0 atom stereocenters. The number of amides is 1. The molecule has 1 aromatic carbocycles. The van der Waals surface area contributed by atoms with E-state index in [1.165, 1.54) is 6.07 Å². The average molecular weight is 387 g/mol. The molecule has 0 unspecified atom stereocenters. The van der Waals surface area contributed by atoms with E-state index in [0.29, 0.717) is 37.5 Å². The van der Waals surface area contributed by atoms with Crippen molar-refractivity contribution in [2.75, 3.05) is 26.2 Å². The molecule has 0 saturated carbocycles. The van der Waals surface area contributed by atoms with Gasteiger partial charge in [-0.3, -0.25) is 14.4 Å². The summed E-state index contributed by atoms with van der Waals surface area (Å²) in [7, 11) is 0. The molecule has 1 fully saturated rings. The summed E-state index contributed by atoms with van der Waals surface area (Å²) in [6.45, 7) is 12.7. The Balaban J connectivity index is 1.56. The Morgan fingerprint density at radius 2 is 1.82 bits per heavy atom. The molecule has 1 saturated heterocycles. The van der Waals surface area contributed by atoms with Crippen LogP contribution in [0.25, 0.3) is 0 Å². The van der Waals surface area contributed by atoms with Crippen LogP contribution in [0.3, 0.4) is 0 Å². The van der Waals surface area contributed by atoms with Crippen molar-refractivity contribution in [2.24, 2.45) is 5.92 Å². The minimum atomic E-state index is -0.162. The fraction of sp³-hybridized carbons (Fsp3) is 0.545. The highest BCUT2D eigenvalue weighted by Crippen LogP contribution is 2.18. The second kappa shape index (κ2) is 8.86. The first-order valence-corrected chi connectivity index (χ1v) is 10.1. The molecule has 6 heteroatoms. The van der Waals surface area contributed by atoms with Crippen LogP contribution in [0.4, 0.5) is 4.39 Å². The third-order valence-electron chi connectivity index (χ3n) is 5.47. The molecule has 1 aromatic heterocycles.